The first-order valence-electron chi connectivity index (χ1n) is 8.20. The maximum Gasteiger partial charge on any atom is 0.336 e. The Balaban J connectivity index is 1.92. The maximum atomic E-state index is 14.7. The number of nitriles is 1. The summed E-state index contributed by atoms with van der Waals surface area (Å²) in [5, 5.41) is 19.4. The molecule has 2 aliphatic rings. The molecule has 0 atom stereocenters. The van der Waals surface area contributed by atoms with Crippen molar-refractivity contribution in [2.45, 2.75) is 25.8 Å². The van der Waals surface area contributed by atoms with Crippen molar-refractivity contribution >= 4 is 11.6 Å². The molecule has 1 aromatic heterocycles. The number of ether oxygens (including phenoxy) is 1. The van der Waals surface area contributed by atoms with Crippen LogP contribution < -0.4 is 15.3 Å². The summed E-state index contributed by atoms with van der Waals surface area (Å²) in [6, 6.07) is 4.19. The molecule has 26 heavy (non-hydrogen) atoms. The van der Waals surface area contributed by atoms with Crippen LogP contribution in [0.25, 0.3) is 5.69 Å². The van der Waals surface area contributed by atoms with E-state index in [2.05, 4.69) is 0 Å². The normalized spacial score (nSPS) is 15.8. The van der Waals surface area contributed by atoms with Crippen LogP contribution in [0.5, 0.6) is 11.6 Å². The zero-order chi connectivity index (χ0) is 18.4. The van der Waals surface area contributed by atoms with E-state index in [1.807, 2.05) is 6.07 Å². The molecular formula is C17H15FN4O4. The second-order valence-corrected chi connectivity index (χ2v) is 6.20. The Bertz CT molecular complexity index is 1020. The van der Waals surface area contributed by atoms with Gasteiger partial charge in [0.1, 0.15) is 12.3 Å². The van der Waals surface area contributed by atoms with E-state index >= 15 is 0 Å². The number of aromatic nitrogens is 2. The van der Waals surface area contributed by atoms with Gasteiger partial charge in [-0.05, 0) is 25.3 Å². The summed E-state index contributed by atoms with van der Waals surface area (Å²) in [5.74, 6) is -1.40. The van der Waals surface area contributed by atoms with Gasteiger partial charge in [-0.1, -0.05) is 0 Å². The van der Waals surface area contributed by atoms with Gasteiger partial charge >= 0.3 is 5.69 Å². The Hall–Kier alpha value is -3.28. The number of hydrogen-bond acceptors (Lipinski definition) is 5. The smallest absolute Gasteiger partial charge is 0.336 e. The highest BCUT2D eigenvalue weighted by molar-refractivity contribution is 5.98. The van der Waals surface area contributed by atoms with Crippen LogP contribution in [-0.4, -0.2) is 33.3 Å². The third-order valence-corrected chi connectivity index (χ3v) is 4.70. The summed E-state index contributed by atoms with van der Waals surface area (Å²) in [5.41, 5.74) is -0.0606. The summed E-state index contributed by atoms with van der Waals surface area (Å²) >= 11 is 0. The largest absolute Gasteiger partial charge is 0.493 e. The monoisotopic (exact) mass is 358 g/mol. The summed E-state index contributed by atoms with van der Waals surface area (Å²) in [4.78, 5) is 25.8. The first-order valence-corrected chi connectivity index (χ1v) is 8.20. The van der Waals surface area contributed by atoms with Gasteiger partial charge in [-0.2, -0.15) is 5.26 Å². The van der Waals surface area contributed by atoms with Crippen LogP contribution in [0.1, 0.15) is 18.5 Å². The molecular weight excluding hydrogens is 343 g/mol. The van der Waals surface area contributed by atoms with Gasteiger partial charge in [-0.25, -0.2) is 13.8 Å². The van der Waals surface area contributed by atoms with Crippen molar-refractivity contribution in [2.75, 3.05) is 18.1 Å². The molecule has 0 unspecified atom stereocenters. The Morgan fingerprint density at radius 3 is 2.81 bits per heavy atom. The number of rotatable bonds is 2. The molecule has 0 spiro atoms. The van der Waals surface area contributed by atoms with E-state index in [4.69, 9.17) is 10.00 Å². The highest BCUT2D eigenvalue weighted by atomic mass is 19.1. The molecule has 0 bridgehead atoms. The number of aromatic hydroxyl groups is 1. The number of imidazole rings is 1. The lowest BCUT2D eigenvalue weighted by molar-refractivity contribution is -0.121. The molecule has 8 nitrogen and oxygen atoms in total. The van der Waals surface area contributed by atoms with Crippen molar-refractivity contribution in [3.8, 4) is 23.4 Å². The van der Waals surface area contributed by atoms with E-state index in [1.54, 1.807) is 0 Å². The first kappa shape index (κ1) is 16.2. The lowest BCUT2D eigenvalue weighted by Crippen LogP contribution is -2.39. The Kier molecular flexibility index (Phi) is 3.68. The molecule has 0 saturated carbocycles. The molecule has 0 aliphatic carbocycles. The third kappa shape index (κ3) is 2.26. The predicted octanol–water partition coefficient (Wildman–Crippen LogP) is 1.07. The number of fused-ring (bicyclic) bond motifs is 2. The van der Waals surface area contributed by atoms with Gasteiger partial charge in [-0.15, -0.1) is 0 Å². The highest BCUT2D eigenvalue weighted by Crippen LogP contribution is 2.37. The van der Waals surface area contributed by atoms with Gasteiger partial charge in [0.2, 0.25) is 5.88 Å². The van der Waals surface area contributed by atoms with Crippen LogP contribution in [-0.2, 0) is 17.8 Å². The van der Waals surface area contributed by atoms with Crippen LogP contribution in [0.2, 0.25) is 0 Å². The molecule has 1 amide bonds. The van der Waals surface area contributed by atoms with E-state index < -0.39 is 17.4 Å². The summed E-state index contributed by atoms with van der Waals surface area (Å²) in [7, 11) is 0. The van der Waals surface area contributed by atoms with Gasteiger partial charge in [0.25, 0.3) is 5.91 Å². The molecule has 3 heterocycles. The number of carbonyl (C=O) groups excluding carboxylic acids is 1. The van der Waals surface area contributed by atoms with E-state index in [9.17, 15) is 19.1 Å². The summed E-state index contributed by atoms with van der Waals surface area (Å²) < 4.78 is 22.2. The molecule has 0 radical (unpaired) electrons. The zero-order valence-electron chi connectivity index (χ0n) is 13.7. The van der Waals surface area contributed by atoms with Gasteiger partial charge in [0, 0.05) is 12.6 Å². The fraction of sp³-hybridized carbons (Fsp3) is 0.353. The van der Waals surface area contributed by atoms with E-state index in [0.29, 0.717) is 18.7 Å². The van der Waals surface area contributed by atoms with E-state index in [0.717, 1.165) is 23.5 Å². The predicted molar refractivity (Wildman–Crippen MR) is 88.1 cm³/mol. The highest BCUT2D eigenvalue weighted by Gasteiger charge is 2.30. The number of carbonyl (C=O) groups is 1. The van der Waals surface area contributed by atoms with Crippen LogP contribution >= 0.6 is 0 Å². The first-order chi connectivity index (χ1) is 12.5. The number of anilines is 1. The van der Waals surface area contributed by atoms with Crippen molar-refractivity contribution < 1.29 is 19.0 Å². The van der Waals surface area contributed by atoms with Gasteiger partial charge in [0.15, 0.2) is 12.4 Å². The Labute approximate surface area is 147 Å². The van der Waals surface area contributed by atoms with Gasteiger partial charge in [-0.3, -0.25) is 14.3 Å². The average molecular weight is 358 g/mol. The van der Waals surface area contributed by atoms with E-state index in [-0.39, 0.29) is 36.2 Å². The molecule has 0 saturated heterocycles. The standard InChI is InChI=1S/C17H15FN4O4/c18-10-7-14-13(20(6-4-19)15(23)9-26-14)8-12(10)22-16(24)11-3-1-2-5-21(11)17(22)25/h7-8,24H,1-3,5-6,9H2. The Morgan fingerprint density at radius 1 is 1.27 bits per heavy atom. The van der Waals surface area contributed by atoms with Crippen molar-refractivity contribution in [2.24, 2.45) is 0 Å². The molecule has 4 rings (SSSR count). The van der Waals surface area contributed by atoms with Crippen LogP contribution in [0.3, 0.4) is 0 Å². The van der Waals surface area contributed by atoms with Crippen molar-refractivity contribution in [3.63, 3.8) is 0 Å². The van der Waals surface area contributed by atoms with Crippen molar-refractivity contribution in [1.29, 1.82) is 5.26 Å². The van der Waals surface area contributed by atoms with E-state index in [1.165, 1.54) is 15.5 Å². The minimum absolute atomic E-state index is 0.109. The lowest BCUT2D eigenvalue weighted by Gasteiger charge is -2.28. The number of halogens is 1. The fourth-order valence-corrected chi connectivity index (χ4v) is 3.46. The second-order valence-electron chi connectivity index (χ2n) is 6.20. The van der Waals surface area contributed by atoms with Crippen LogP contribution in [0, 0.1) is 17.1 Å². The van der Waals surface area contributed by atoms with Gasteiger partial charge < -0.3 is 9.84 Å². The topological polar surface area (TPSA) is 100 Å². The SMILES string of the molecule is N#CCN1C(=O)COc2cc(F)c(-n3c(O)c4n(c3=O)CCCC4)cc21. The number of nitrogens with zero attached hydrogens (tertiary/aromatic N) is 4. The molecule has 1 N–H and O–H groups in total. The maximum absolute atomic E-state index is 14.7. The molecule has 2 aliphatic heterocycles. The minimum Gasteiger partial charge on any atom is -0.493 e. The van der Waals surface area contributed by atoms with Crippen molar-refractivity contribution in [1.82, 2.24) is 9.13 Å². The number of hydrogen-bond donors (Lipinski definition) is 1. The minimum atomic E-state index is -0.768. The van der Waals surface area contributed by atoms with Gasteiger partial charge in [0.05, 0.1) is 23.1 Å². The zero-order valence-corrected chi connectivity index (χ0v) is 13.7. The van der Waals surface area contributed by atoms with Crippen molar-refractivity contribution in [3.05, 3.63) is 34.1 Å². The summed E-state index contributed by atoms with van der Waals surface area (Å²) in [6.07, 6.45) is 2.17. The lowest BCUT2D eigenvalue weighted by atomic mass is 10.1. The van der Waals surface area contributed by atoms with Crippen LogP contribution in [0.4, 0.5) is 10.1 Å². The summed E-state index contributed by atoms with van der Waals surface area (Å²) in [6.45, 7) is -0.0595. The fourth-order valence-electron chi connectivity index (χ4n) is 3.46. The third-order valence-electron chi connectivity index (χ3n) is 4.70. The Morgan fingerprint density at radius 2 is 2.08 bits per heavy atom. The molecule has 1 aromatic carbocycles. The molecule has 134 valence electrons. The molecule has 2 aromatic rings. The molecule has 0 fully saturated rings. The quantitative estimate of drug-likeness (QED) is 0.810. The van der Waals surface area contributed by atoms with Crippen LogP contribution in [0.15, 0.2) is 16.9 Å². The number of amides is 1. The molecule has 9 heteroatoms. The number of benzene rings is 1. The second kappa shape index (κ2) is 5.91. The average Bonchev–Trinajstić information content (AvgIpc) is 2.89.